The van der Waals surface area contributed by atoms with Gasteiger partial charge in [-0.05, 0) is 48.9 Å². The summed E-state index contributed by atoms with van der Waals surface area (Å²) in [5.74, 6) is 0.677. The number of hydrogen-bond acceptors (Lipinski definition) is 6. The van der Waals surface area contributed by atoms with Gasteiger partial charge in [-0.2, -0.15) is 0 Å². The number of anilines is 1. The zero-order valence-electron chi connectivity index (χ0n) is 15.5. The Morgan fingerprint density at radius 3 is 3.07 bits per heavy atom. The molecule has 2 aromatic heterocycles. The summed E-state index contributed by atoms with van der Waals surface area (Å²) in [7, 11) is 1.50. The van der Waals surface area contributed by atoms with Crippen molar-refractivity contribution in [3.8, 4) is 5.75 Å². The van der Waals surface area contributed by atoms with Gasteiger partial charge in [0.1, 0.15) is 12.3 Å². The van der Waals surface area contributed by atoms with E-state index in [0.29, 0.717) is 32.6 Å². The Kier molecular flexibility index (Phi) is 5.07. The topological polar surface area (TPSA) is 86.1 Å². The third-order valence-electron chi connectivity index (χ3n) is 4.91. The van der Waals surface area contributed by atoms with Crippen molar-refractivity contribution in [1.29, 1.82) is 0 Å². The van der Waals surface area contributed by atoms with Crippen LogP contribution in [0.1, 0.15) is 23.8 Å². The monoisotopic (exact) mass is 418 g/mol. The van der Waals surface area contributed by atoms with Gasteiger partial charge in [-0.3, -0.25) is 9.59 Å². The van der Waals surface area contributed by atoms with Gasteiger partial charge in [0.15, 0.2) is 4.83 Å². The maximum Gasteiger partial charge on any atom is 0.279 e. The number of thiophene rings is 1. The van der Waals surface area contributed by atoms with Crippen molar-refractivity contribution in [2.24, 2.45) is 5.92 Å². The van der Waals surface area contributed by atoms with E-state index in [-0.39, 0.29) is 12.1 Å². The Hall–Kier alpha value is -2.45. The smallest absolute Gasteiger partial charge is 0.279 e. The van der Waals surface area contributed by atoms with E-state index in [4.69, 9.17) is 16.3 Å². The second-order valence-corrected chi connectivity index (χ2v) is 8.50. The highest BCUT2D eigenvalue weighted by Crippen LogP contribution is 2.35. The van der Waals surface area contributed by atoms with Crippen LogP contribution in [0.15, 0.2) is 23.0 Å². The molecule has 1 aromatic carbocycles. The Morgan fingerprint density at radius 1 is 1.46 bits per heavy atom. The Balaban J connectivity index is 1.62. The normalized spacial score (nSPS) is 16.0. The van der Waals surface area contributed by atoms with Crippen molar-refractivity contribution in [3.63, 3.8) is 0 Å². The summed E-state index contributed by atoms with van der Waals surface area (Å²) in [6.45, 7) is 1.98. The summed E-state index contributed by atoms with van der Waals surface area (Å²) >= 11 is 7.53. The highest BCUT2D eigenvalue weighted by Gasteiger charge is 2.24. The molecule has 4 rings (SSSR count). The lowest BCUT2D eigenvalue weighted by Crippen LogP contribution is -2.30. The molecule has 1 atom stereocenters. The summed E-state index contributed by atoms with van der Waals surface area (Å²) in [5, 5.41) is 11.9. The molecule has 1 amide bonds. The third-order valence-corrected chi connectivity index (χ3v) is 6.29. The molecule has 1 aliphatic rings. The van der Waals surface area contributed by atoms with Crippen LogP contribution >= 0.6 is 22.9 Å². The predicted molar refractivity (Wildman–Crippen MR) is 109 cm³/mol. The number of halogens is 1. The molecular formula is C19H19ClN4O3S. The van der Waals surface area contributed by atoms with E-state index in [1.54, 1.807) is 18.2 Å². The number of amides is 1. The van der Waals surface area contributed by atoms with Gasteiger partial charge in [-0.15, -0.1) is 16.4 Å². The summed E-state index contributed by atoms with van der Waals surface area (Å²) in [6, 6.07) is 4.92. The fourth-order valence-electron chi connectivity index (χ4n) is 3.50. The molecule has 3 aromatic rings. The van der Waals surface area contributed by atoms with Crippen molar-refractivity contribution in [2.45, 2.75) is 32.7 Å². The number of carbonyl (C=O) groups is 1. The summed E-state index contributed by atoms with van der Waals surface area (Å²) < 4.78 is 6.34. The highest BCUT2D eigenvalue weighted by molar-refractivity contribution is 7.18. The zero-order chi connectivity index (χ0) is 19.8. The lowest BCUT2D eigenvalue weighted by atomic mass is 9.89. The largest absolute Gasteiger partial charge is 0.495 e. The van der Waals surface area contributed by atoms with E-state index in [9.17, 15) is 9.59 Å². The number of methoxy groups -OCH3 is 1. The highest BCUT2D eigenvalue weighted by atomic mass is 35.5. The minimum atomic E-state index is -0.408. The van der Waals surface area contributed by atoms with Gasteiger partial charge in [0.2, 0.25) is 5.91 Å². The molecule has 0 unspecified atom stereocenters. The number of nitrogens with one attached hydrogen (secondary N) is 1. The molecule has 146 valence electrons. The van der Waals surface area contributed by atoms with Gasteiger partial charge >= 0.3 is 0 Å². The first kappa shape index (κ1) is 18.9. The van der Waals surface area contributed by atoms with Crippen LogP contribution in [0.25, 0.3) is 10.2 Å². The second-order valence-electron chi connectivity index (χ2n) is 6.98. The number of hydrogen-bond donors (Lipinski definition) is 1. The maximum atomic E-state index is 12.9. The third kappa shape index (κ3) is 3.49. The van der Waals surface area contributed by atoms with E-state index in [1.807, 2.05) is 0 Å². The number of nitrogens with zero attached hydrogens (tertiary/aromatic N) is 3. The molecule has 9 heteroatoms. The fraction of sp³-hybridized carbons (Fsp3) is 0.368. The van der Waals surface area contributed by atoms with Gasteiger partial charge in [0.25, 0.3) is 5.56 Å². The minimum absolute atomic E-state index is 0.238. The Morgan fingerprint density at radius 2 is 2.29 bits per heavy atom. The molecule has 7 nitrogen and oxygen atoms in total. The van der Waals surface area contributed by atoms with E-state index in [0.717, 1.165) is 29.5 Å². The van der Waals surface area contributed by atoms with Crippen LogP contribution in [0.3, 0.4) is 0 Å². The van der Waals surface area contributed by atoms with E-state index in [1.165, 1.54) is 23.3 Å². The number of rotatable bonds is 4. The van der Waals surface area contributed by atoms with Crippen LogP contribution in [0.5, 0.6) is 5.75 Å². The van der Waals surface area contributed by atoms with Crippen molar-refractivity contribution in [1.82, 2.24) is 15.0 Å². The summed E-state index contributed by atoms with van der Waals surface area (Å²) in [5.41, 5.74) is 1.23. The Labute approximate surface area is 170 Å². The molecule has 1 N–H and O–H groups in total. The van der Waals surface area contributed by atoms with E-state index < -0.39 is 5.91 Å². The number of benzene rings is 1. The number of aromatic nitrogens is 3. The minimum Gasteiger partial charge on any atom is -0.495 e. The quantitative estimate of drug-likeness (QED) is 0.702. The average Bonchev–Trinajstić information content (AvgIpc) is 3.02. The number of carbonyl (C=O) groups excluding carboxylic acids is 1. The SMILES string of the molecule is COc1ccc(Cl)cc1NC(=O)Cn1nnc2sc3c(c2c1=O)CC[C@@H](C)C3. The lowest BCUT2D eigenvalue weighted by Gasteiger charge is -2.17. The summed E-state index contributed by atoms with van der Waals surface area (Å²) in [4.78, 5) is 27.3. The summed E-state index contributed by atoms with van der Waals surface area (Å²) in [6.07, 6.45) is 2.88. The van der Waals surface area contributed by atoms with Crippen LogP contribution in [0.2, 0.25) is 5.02 Å². The standard InChI is InChI=1S/C19H19ClN4O3S/c1-10-3-5-12-15(7-10)28-18-17(12)19(26)24(23-22-18)9-16(25)21-13-8-11(20)4-6-14(13)27-2/h4,6,8,10H,3,5,7,9H2,1-2H3,(H,21,25)/t10-/m1/s1. The number of ether oxygens (including phenoxy) is 1. The van der Waals surface area contributed by atoms with Gasteiger partial charge in [0.05, 0.1) is 18.2 Å². The molecule has 0 bridgehead atoms. The first-order valence-electron chi connectivity index (χ1n) is 8.97. The molecule has 1 aliphatic carbocycles. The first-order chi connectivity index (χ1) is 13.5. The molecule has 28 heavy (non-hydrogen) atoms. The van der Waals surface area contributed by atoms with Crippen LogP contribution in [0.4, 0.5) is 5.69 Å². The number of aryl methyl sites for hydroxylation is 1. The predicted octanol–water partition coefficient (Wildman–Crippen LogP) is 3.28. The molecule has 0 spiro atoms. The van der Waals surface area contributed by atoms with Gasteiger partial charge < -0.3 is 10.1 Å². The first-order valence-corrected chi connectivity index (χ1v) is 10.2. The average molecular weight is 419 g/mol. The molecule has 0 saturated carbocycles. The molecule has 0 aliphatic heterocycles. The zero-order valence-corrected chi connectivity index (χ0v) is 17.1. The maximum absolute atomic E-state index is 12.9. The lowest BCUT2D eigenvalue weighted by molar-refractivity contribution is -0.117. The van der Waals surface area contributed by atoms with Crippen molar-refractivity contribution in [2.75, 3.05) is 12.4 Å². The molecular weight excluding hydrogens is 400 g/mol. The van der Waals surface area contributed by atoms with Crippen LogP contribution < -0.4 is 15.6 Å². The van der Waals surface area contributed by atoms with E-state index in [2.05, 4.69) is 22.6 Å². The van der Waals surface area contributed by atoms with Crippen molar-refractivity contribution >= 4 is 44.7 Å². The second kappa shape index (κ2) is 7.52. The van der Waals surface area contributed by atoms with Gasteiger partial charge in [0, 0.05) is 9.90 Å². The molecule has 0 saturated heterocycles. The van der Waals surface area contributed by atoms with Gasteiger partial charge in [-0.1, -0.05) is 23.7 Å². The van der Waals surface area contributed by atoms with Crippen molar-refractivity contribution < 1.29 is 9.53 Å². The van der Waals surface area contributed by atoms with Gasteiger partial charge in [-0.25, -0.2) is 4.68 Å². The van der Waals surface area contributed by atoms with Crippen LogP contribution in [0, 0.1) is 5.92 Å². The number of fused-ring (bicyclic) bond motifs is 3. The molecule has 0 radical (unpaired) electrons. The van der Waals surface area contributed by atoms with Crippen molar-refractivity contribution in [3.05, 3.63) is 44.0 Å². The molecule has 2 heterocycles. The van der Waals surface area contributed by atoms with E-state index >= 15 is 0 Å². The molecule has 0 fully saturated rings. The van der Waals surface area contributed by atoms with Crippen LogP contribution in [-0.4, -0.2) is 28.0 Å². The Bertz CT molecular complexity index is 1120. The van der Waals surface area contributed by atoms with Crippen LogP contribution in [-0.2, 0) is 24.2 Å². The fourth-order valence-corrected chi connectivity index (χ4v) is 4.99.